The van der Waals surface area contributed by atoms with Crippen LogP contribution in [-0.2, 0) is 28.5 Å². The Morgan fingerprint density at radius 1 is 0.909 bits per heavy atom. The number of ether oxygens (including phenoxy) is 4. The molecule has 22 heavy (non-hydrogen) atoms. The maximum absolute atomic E-state index is 11.3. The molecule has 0 aromatic heterocycles. The Balaban J connectivity index is 3.74. The van der Waals surface area contributed by atoms with Crippen LogP contribution in [0.5, 0.6) is 0 Å². The molecule has 0 saturated heterocycles. The molecule has 0 bridgehead atoms. The molecule has 0 aliphatic rings. The van der Waals surface area contributed by atoms with Gasteiger partial charge >= 0.3 is 23.3 Å². The highest BCUT2D eigenvalue weighted by Gasteiger charge is 2.13. The van der Waals surface area contributed by atoms with Gasteiger partial charge in [-0.1, -0.05) is 0 Å². The van der Waals surface area contributed by atoms with Crippen molar-refractivity contribution < 1.29 is 38.1 Å². The molecule has 0 heterocycles. The number of rotatable bonds is 7. The summed E-state index contributed by atoms with van der Waals surface area (Å²) in [5, 5.41) is 1.72. The summed E-state index contributed by atoms with van der Waals surface area (Å²) in [6.07, 6.45) is -2.75. The van der Waals surface area contributed by atoms with Crippen molar-refractivity contribution in [2.75, 3.05) is 12.3 Å². The fourth-order valence-corrected chi connectivity index (χ4v) is 1.74. The maximum Gasteiger partial charge on any atom is 0.410 e. The number of esters is 2. The van der Waals surface area contributed by atoms with Crippen molar-refractivity contribution in [1.82, 2.24) is 5.32 Å². The second-order valence-electron chi connectivity index (χ2n) is 3.90. The maximum atomic E-state index is 11.3. The lowest BCUT2D eigenvalue weighted by molar-refractivity contribution is -0.162. The number of amides is 1. The molecule has 1 N–H and O–H groups in total. The van der Waals surface area contributed by atoms with E-state index >= 15 is 0 Å². The number of hydrogen-bond donors (Lipinski definition) is 1. The molecule has 0 aromatic rings. The van der Waals surface area contributed by atoms with Crippen LogP contribution in [0.4, 0.5) is 9.59 Å². The lowest BCUT2D eigenvalue weighted by Gasteiger charge is -2.13. The molecule has 0 aliphatic carbocycles. The molecule has 0 fully saturated rings. The summed E-state index contributed by atoms with van der Waals surface area (Å²) in [6.45, 7) is 5.32. The summed E-state index contributed by atoms with van der Waals surface area (Å²) in [5.74, 6) is -0.903. The minimum atomic E-state index is -1.00. The van der Waals surface area contributed by atoms with Crippen LogP contribution in [0.25, 0.3) is 0 Å². The Bertz CT molecular complexity index is 376. The van der Waals surface area contributed by atoms with E-state index in [1.54, 1.807) is 0 Å². The van der Waals surface area contributed by atoms with E-state index in [4.69, 9.17) is 9.47 Å². The third kappa shape index (κ3) is 11.8. The van der Waals surface area contributed by atoms with Crippen molar-refractivity contribution in [1.29, 1.82) is 0 Å². The predicted octanol–water partition coefficient (Wildman–Crippen LogP) is 1.40. The summed E-state index contributed by atoms with van der Waals surface area (Å²) < 4.78 is 18.7. The van der Waals surface area contributed by atoms with Gasteiger partial charge in [0.05, 0.1) is 0 Å². The molecule has 9 nitrogen and oxygen atoms in total. The van der Waals surface area contributed by atoms with Crippen LogP contribution in [0.2, 0.25) is 0 Å². The normalized spacial score (nSPS) is 12.5. The molecule has 0 rings (SSSR count). The number of thioether (sulfide) groups is 1. The average Bonchev–Trinajstić information content (AvgIpc) is 2.32. The second kappa shape index (κ2) is 10.7. The third-order valence-electron chi connectivity index (χ3n) is 1.79. The Labute approximate surface area is 132 Å². The zero-order valence-electron chi connectivity index (χ0n) is 12.7. The smallest absolute Gasteiger partial charge is 0.410 e. The molecule has 1 amide bonds. The van der Waals surface area contributed by atoms with Crippen molar-refractivity contribution in [2.45, 2.75) is 40.3 Å². The lowest BCUT2D eigenvalue weighted by Crippen LogP contribution is -2.31. The first kappa shape index (κ1) is 20.0. The lowest BCUT2D eigenvalue weighted by atomic mass is 10.7. The van der Waals surface area contributed by atoms with Crippen LogP contribution in [0.1, 0.15) is 27.7 Å². The van der Waals surface area contributed by atoms with E-state index < -0.39 is 35.9 Å². The van der Waals surface area contributed by atoms with Crippen LogP contribution in [0.15, 0.2) is 0 Å². The number of hydrogen-bond acceptors (Lipinski definition) is 9. The van der Waals surface area contributed by atoms with Crippen LogP contribution >= 0.6 is 11.8 Å². The molecule has 0 saturated carbocycles. The summed E-state index contributed by atoms with van der Waals surface area (Å²) >= 11 is 0.795. The first-order valence-corrected chi connectivity index (χ1v) is 7.31. The summed E-state index contributed by atoms with van der Waals surface area (Å²) in [4.78, 5) is 43.8. The zero-order valence-corrected chi connectivity index (χ0v) is 13.6. The fraction of sp³-hybridized carbons (Fsp3) is 0.667. The highest BCUT2D eigenvalue weighted by atomic mass is 32.2. The number of carbonyl (C=O) groups excluding carboxylic acids is 4. The fourth-order valence-electron chi connectivity index (χ4n) is 1.16. The van der Waals surface area contributed by atoms with Gasteiger partial charge in [-0.25, -0.2) is 9.59 Å². The Kier molecular flexibility index (Phi) is 9.75. The van der Waals surface area contributed by atoms with Crippen LogP contribution in [-0.4, -0.2) is 48.2 Å². The monoisotopic (exact) mass is 337 g/mol. The first-order valence-electron chi connectivity index (χ1n) is 6.33. The molecule has 0 radical (unpaired) electrons. The van der Waals surface area contributed by atoms with Gasteiger partial charge in [0.15, 0.2) is 0 Å². The predicted molar refractivity (Wildman–Crippen MR) is 75.9 cm³/mol. The van der Waals surface area contributed by atoms with Gasteiger partial charge in [-0.05, 0) is 11.8 Å². The molecule has 10 heteroatoms. The third-order valence-corrected chi connectivity index (χ3v) is 2.53. The van der Waals surface area contributed by atoms with Crippen LogP contribution in [0, 0.1) is 0 Å². The molecular weight excluding hydrogens is 318 g/mol. The highest BCUT2D eigenvalue weighted by Crippen LogP contribution is 2.08. The first-order chi connectivity index (χ1) is 10.2. The number of alkyl carbamates (subject to hydrolysis) is 1. The van der Waals surface area contributed by atoms with Crippen molar-refractivity contribution in [3.63, 3.8) is 0 Å². The van der Waals surface area contributed by atoms with Gasteiger partial charge in [-0.2, -0.15) is 0 Å². The van der Waals surface area contributed by atoms with E-state index in [-0.39, 0.29) is 12.3 Å². The largest absolute Gasteiger partial charge is 0.426 e. The van der Waals surface area contributed by atoms with E-state index in [0.717, 1.165) is 11.8 Å². The number of carbonyl (C=O) groups is 4. The van der Waals surface area contributed by atoms with Gasteiger partial charge < -0.3 is 24.3 Å². The van der Waals surface area contributed by atoms with Crippen molar-refractivity contribution in [3.05, 3.63) is 0 Å². The topological polar surface area (TPSA) is 117 Å². The van der Waals surface area contributed by atoms with Gasteiger partial charge in [0.25, 0.3) is 0 Å². The van der Waals surface area contributed by atoms with Crippen molar-refractivity contribution >= 4 is 35.1 Å². The molecule has 2 atom stereocenters. The summed E-state index contributed by atoms with van der Waals surface area (Å²) in [6, 6.07) is 0. The molecule has 0 spiro atoms. The van der Waals surface area contributed by atoms with Gasteiger partial charge in [0.1, 0.15) is 0 Å². The summed E-state index contributed by atoms with van der Waals surface area (Å²) in [5.41, 5.74) is 0. The van der Waals surface area contributed by atoms with E-state index in [9.17, 15) is 19.2 Å². The van der Waals surface area contributed by atoms with Gasteiger partial charge in [0, 0.05) is 40.0 Å². The molecule has 0 unspecified atom stereocenters. The zero-order chi connectivity index (χ0) is 17.1. The SMILES string of the molecule is CC(=O)O[C@@H](C)OC(=O)NCCSC(=O)O[C@H](C)OC(C)=O. The van der Waals surface area contributed by atoms with E-state index in [2.05, 4.69) is 14.8 Å². The second-order valence-corrected chi connectivity index (χ2v) is 4.93. The van der Waals surface area contributed by atoms with E-state index in [0.29, 0.717) is 0 Å². The van der Waals surface area contributed by atoms with E-state index in [1.165, 1.54) is 27.7 Å². The van der Waals surface area contributed by atoms with Crippen LogP contribution in [0.3, 0.4) is 0 Å². The Hall–Kier alpha value is -1.97. The minimum absolute atomic E-state index is 0.132. The van der Waals surface area contributed by atoms with Gasteiger partial charge in [-0.3, -0.25) is 9.59 Å². The van der Waals surface area contributed by atoms with Gasteiger partial charge in [-0.15, -0.1) is 0 Å². The Morgan fingerprint density at radius 3 is 1.91 bits per heavy atom. The Morgan fingerprint density at radius 2 is 1.41 bits per heavy atom. The standard InChI is InChI=1S/C12H19NO8S/c1-7(14)18-9(3)20-11(16)13-5-6-22-12(17)21-10(4)19-8(2)15/h9-10H,5-6H2,1-4H3,(H,13,16)/t9-,10-/m1/s1. The molecule has 126 valence electrons. The molecular formula is C12H19NO8S. The average molecular weight is 337 g/mol. The van der Waals surface area contributed by atoms with Crippen molar-refractivity contribution in [3.8, 4) is 0 Å². The minimum Gasteiger partial charge on any atom is -0.426 e. The number of nitrogens with one attached hydrogen (secondary N) is 1. The van der Waals surface area contributed by atoms with Gasteiger partial charge in [0.2, 0.25) is 12.6 Å². The highest BCUT2D eigenvalue weighted by molar-refractivity contribution is 8.13. The van der Waals surface area contributed by atoms with Crippen LogP contribution < -0.4 is 5.32 Å². The molecule has 0 aliphatic heterocycles. The van der Waals surface area contributed by atoms with Crippen molar-refractivity contribution in [2.24, 2.45) is 0 Å². The van der Waals surface area contributed by atoms with E-state index in [1.807, 2.05) is 0 Å². The quantitative estimate of drug-likeness (QED) is 0.418. The molecule has 0 aromatic carbocycles. The summed E-state index contributed by atoms with van der Waals surface area (Å²) in [7, 11) is 0.